The van der Waals surface area contributed by atoms with Crippen LogP contribution in [-0.4, -0.2) is 18.2 Å². The molecule has 0 radical (unpaired) electrons. The van der Waals surface area contributed by atoms with Crippen molar-refractivity contribution in [2.45, 2.75) is 26.7 Å². The van der Waals surface area contributed by atoms with Gasteiger partial charge in [-0.15, -0.1) is 0 Å². The Hall–Kier alpha value is -4.25. The molecule has 0 unspecified atom stereocenters. The predicted molar refractivity (Wildman–Crippen MR) is 145 cm³/mol. The lowest BCUT2D eigenvalue weighted by Gasteiger charge is -2.19. The van der Waals surface area contributed by atoms with Crippen LogP contribution in [0.15, 0.2) is 67.0 Å². The normalized spacial score (nSPS) is 12.1. The van der Waals surface area contributed by atoms with Gasteiger partial charge in [0.25, 0.3) is 0 Å². The summed E-state index contributed by atoms with van der Waals surface area (Å²) in [7, 11) is 0. The number of rotatable bonds is 8. The molecule has 192 valence electrons. The lowest BCUT2D eigenvalue weighted by Crippen LogP contribution is -2.15. The summed E-state index contributed by atoms with van der Waals surface area (Å²) >= 11 is 6.83. The van der Waals surface area contributed by atoms with E-state index in [0.29, 0.717) is 47.6 Å². The van der Waals surface area contributed by atoms with Gasteiger partial charge >= 0.3 is 0 Å². The van der Waals surface area contributed by atoms with Gasteiger partial charge in [-0.25, -0.2) is 0 Å². The summed E-state index contributed by atoms with van der Waals surface area (Å²) in [6.45, 7) is 3.87. The fourth-order valence-corrected chi connectivity index (χ4v) is 4.54. The van der Waals surface area contributed by atoms with Gasteiger partial charge in [0.1, 0.15) is 44.0 Å². The van der Waals surface area contributed by atoms with E-state index in [1.165, 1.54) is 6.20 Å². The fraction of sp³-hybridized carbons (Fsp3) is 0.200. The maximum absolute atomic E-state index is 9.11. The second-order valence-corrected chi connectivity index (χ2v) is 9.22. The number of ether oxygens (including phenoxy) is 4. The molecule has 4 aromatic rings. The zero-order chi connectivity index (χ0) is 26.5. The van der Waals surface area contributed by atoms with Crippen molar-refractivity contribution in [1.29, 1.82) is 5.26 Å². The Labute approximate surface area is 226 Å². The van der Waals surface area contributed by atoms with Crippen LogP contribution in [-0.2, 0) is 19.8 Å². The molecule has 0 amide bonds. The second kappa shape index (κ2) is 11.4. The lowest BCUT2D eigenvalue weighted by atomic mass is 10.0. The van der Waals surface area contributed by atoms with E-state index in [4.69, 9.17) is 41.5 Å². The number of halogens is 1. The number of hydrogen-bond donors (Lipinski definition) is 1. The van der Waals surface area contributed by atoms with Crippen molar-refractivity contribution in [2.75, 3.05) is 13.2 Å². The zero-order valence-corrected chi connectivity index (χ0v) is 21.6. The molecule has 2 heterocycles. The molecule has 2 N–H and O–H groups in total. The van der Waals surface area contributed by atoms with Gasteiger partial charge in [-0.05, 0) is 42.3 Å². The quantitative estimate of drug-likeness (QED) is 0.301. The first-order valence-corrected chi connectivity index (χ1v) is 12.5. The number of nitrogens with zero attached hydrogens (tertiary/aromatic N) is 2. The number of benzene rings is 3. The van der Waals surface area contributed by atoms with E-state index in [1.54, 1.807) is 12.3 Å². The fourth-order valence-electron chi connectivity index (χ4n) is 4.25. The number of fused-ring (bicyclic) bond motifs is 1. The van der Waals surface area contributed by atoms with E-state index >= 15 is 0 Å². The van der Waals surface area contributed by atoms with Gasteiger partial charge in [-0.3, -0.25) is 4.98 Å². The first kappa shape index (κ1) is 25.4. The molecular formula is C30H26ClN3O4. The molecule has 1 aliphatic heterocycles. The van der Waals surface area contributed by atoms with Crippen LogP contribution in [0.5, 0.6) is 23.0 Å². The van der Waals surface area contributed by atoms with E-state index < -0.39 is 0 Å². The highest BCUT2D eigenvalue weighted by Crippen LogP contribution is 2.38. The maximum atomic E-state index is 9.11. The SMILES string of the molecule is Cc1cc(CN)c(OCc2cncc(C#N)c2)cc1OCc1cccc(-c2ccc3c(c2)OCCO3)c1Cl. The Balaban J connectivity index is 1.34. The van der Waals surface area contributed by atoms with Crippen LogP contribution in [0.1, 0.15) is 27.8 Å². The highest BCUT2D eigenvalue weighted by molar-refractivity contribution is 6.34. The number of pyridine rings is 1. The molecule has 5 rings (SSSR count). The summed E-state index contributed by atoms with van der Waals surface area (Å²) in [5.41, 5.74) is 11.7. The highest BCUT2D eigenvalue weighted by atomic mass is 35.5. The number of nitrogens with two attached hydrogens (primary N) is 1. The van der Waals surface area contributed by atoms with Crippen LogP contribution in [0, 0.1) is 18.3 Å². The third kappa shape index (κ3) is 5.52. The Kier molecular flexibility index (Phi) is 7.64. The van der Waals surface area contributed by atoms with Crippen molar-refractivity contribution < 1.29 is 18.9 Å². The van der Waals surface area contributed by atoms with E-state index in [-0.39, 0.29) is 13.2 Å². The molecule has 0 spiro atoms. The van der Waals surface area contributed by atoms with Gasteiger partial charge in [0.05, 0.1) is 10.6 Å². The third-order valence-corrected chi connectivity index (χ3v) is 6.66. The first-order valence-electron chi connectivity index (χ1n) is 12.2. The minimum atomic E-state index is 0.251. The summed E-state index contributed by atoms with van der Waals surface area (Å²) in [4.78, 5) is 4.09. The summed E-state index contributed by atoms with van der Waals surface area (Å²) in [5.74, 6) is 2.73. The smallest absolute Gasteiger partial charge is 0.161 e. The first-order chi connectivity index (χ1) is 18.6. The largest absolute Gasteiger partial charge is 0.488 e. The van der Waals surface area contributed by atoms with Crippen LogP contribution >= 0.6 is 11.6 Å². The standard InChI is InChI=1S/C30H26ClN3O4/c1-19-9-24(14-33)28(37-17-21-10-20(13-32)15-34-16-21)12-27(19)38-18-23-3-2-4-25(30(23)31)22-5-6-26-29(11-22)36-8-7-35-26/h2-6,9-12,15-16H,7-8,14,17-18,33H2,1H3. The molecule has 0 saturated heterocycles. The maximum Gasteiger partial charge on any atom is 0.161 e. The van der Waals surface area contributed by atoms with Gasteiger partial charge in [-0.1, -0.05) is 35.9 Å². The molecule has 0 saturated carbocycles. The summed E-state index contributed by atoms with van der Waals surface area (Å²) in [6, 6.07) is 19.3. The molecule has 0 atom stereocenters. The van der Waals surface area contributed by atoms with E-state index in [1.807, 2.05) is 55.5 Å². The minimum absolute atomic E-state index is 0.251. The molecule has 0 aliphatic carbocycles. The Morgan fingerprint density at radius 1 is 0.947 bits per heavy atom. The molecular weight excluding hydrogens is 502 g/mol. The number of nitriles is 1. The van der Waals surface area contributed by atoms with Crippen molar-refractivity contribution in [3.8, 4) is 40.2 Å². The number of aromatic nitrogens is 1. The summed E-state index contributed by atoms with van der Waals surface area (Å²) in [6.07, 6.45) is 3.19. The van der Waals surface area contributed by atoms with Gasteiger partial charge in [0.15, 0.2) is 11.5 Å². The van der Waals surface area contributed by atoms with Crippen LogP contribution in [0.4, 0.5) is 0 Å². The third-order valence-electron chi connectivity index (χ3n) is 6.21. The molecule has 1 aromatic heterocycles. The monoisotopic (exact) mass is 527 g/mol. The van der Waals surface area contributed by atoms with E-state index in [9.17, 15) is 0 Å². The van der Waals surface area contributed by atoms with Crippen molar-refractivity contribution in [3.63, 3.8) is 0 Å². The molecule has 0 bridgehead atoms. The Morgan fingerprint density at radius 2 is 1.76 bits per heavy atom. The minimum Gasteiger partial charge on any atom is -0.488 e. The predicted octanol–water partition coefficient (Wildman–Crippen LogP) is 5.97. The topological polar surface area (TPSA) is 99.6 Å². The Morgan fingerprint density at radius 3 is 2.58 bits per heavy atom. The van der Waals surface area contributed by atoms with Gasteiger partial charge in [-0.2, -0.15) is 5.26 Å². The van der Waals surface area contributed by atoms with Crippen molar-refractivity contribution in [2.24, 2.45) is 5.73 Å². The van der Waals surface area contributed by atoms with Crippen molar-refractivity contribution >= 4 is 11.6 Å². The zero-order valence-electron chi connectivity index (χ0n) is 20.9. The van der Waals surface area contributed by atoms with Gasteiger partial charge in [0.2, 0.25) is 0 Å². The van der Waals surface area contributed by atoms with Crippen LogP contribution in [0.3, 0.4) is 0 Å². The molecule has 7 nitrogen and oxygen atoms in total. The van der Waals surface area contributed by atoms with Crippen molar-refractivity contribution in [3.05, 3.63) is 99.8 Å². The van der Waals surface area contributed by atoms with E-state index in [0.717, 1.165) is 39.1 Å². The van der Waals surface area contributed by atoms with Crippen LogP contribution in [0.2, 0.25) is 5.02 Å². The Bertz CT molecular complexity index is 1520. The summed E-state index contributed by atoms with van der Waals surface area (Å²) < 4.78 is 23.6. The van der Waals surface area contributed by atoms with E-state index in [2.05, 4.69) is 11.1 Å². The van der Waals surface area contributed by atoms with Gasteiger partial charge < -0.3 is 24.7 Å². The number of aryl methyl sites for hydroxylation is 1. The highest BCUT2D eigenvalue weighted by Gasteiger charge is 2.16. The van der Waals surface area contributed by atoms with Crippen molar-refractivity contribution in [1.82, 2.24) is 4.98 Å². The number of hydrogen-bond acceptors (Lipinski definition) is 7. The molecule has 0 fully saturated rings. The van der Waals surface area contributed by atoms with Crippen LogP contribution in [0.25, 0.3) is 11.1 Å². The summed E-state index contributed by atoms with van der Waals surface area (Å²) in [5, 5.41) is 9.73. The van der Waals surface area contributed by atoms with Crippen LogP contribution < -0.4 is 24.7 Å². The van der Waals surface area contributed by atoms with Gasteiger partial charge in [0, 0.05) is 47.3 Å². The second-order valence-electron chi connectivity index (χ2n) is 8.84. The lowest BCUT2D eigenvalue weighted by molar-refractivity contribution is 0.171. The molecule has 8 heteroatoms. The molecule has 1 aliphatic rings. The molecule has 3 aromatic carbocycles. The average molecular weight is 528 g/mol. The molecule has 38 heavy (non-hydrogen) atoms. The average Bonchev–Trinajstić information content (AvgIpc) is 2.96.